The summed E-state index contributed by atoms with van der Waals surface area (Å²) in [5, 5.41) is 14.2. The summed E-state index contributed by atoms with van der Waals surface area (Å²) < 4.78 is 23.8. The number of fused-ring (bicyclic) bond motifs is 1. The van der Waals surface area contributed by atoms with Crippen molar-refractivity contribution in [1.82, 2.24) is 19.7 Å². The van der Waals surface area contributed by atoms with Gasteiger partial charge in [-0.25, -0.2) is 4.39 Å². The second-order valence-electron chi connectivity index (χ2n) is 14.0. The van der Waals surface area contributed by atoms with Gasteiger partial charge in [0.05, 0.1) is 6.54 Å². The standard InChI is InChI=1S/C37H47FN4O4Si/c1-25(2)30-10-8-26(22-28(30)14-21-43)24-46-29-9-11-31(32(38)23-29)33-34(27-12-16-39-17-13-27)40-42-20-19-41(36(44)35(33)42)18-7-15-37(3,4)47(5,6)45/h8-13,16-17,22-23,25,43,45H,7,14-15,18-21,24H2,1-6H3. The Morgan fingerprint density at radius 3 is 2.47 bits per heavy atom. The molecule has 0 saturated heterocycles. The predicted molar refractivity (Wildman–Crippen MR) is 185 cm³/mol. The van der Waals surface area contributed by atoms with E-state index in [-0.39, 0.29) is 29.7 Å². The fraction of sp³-hybridized carbons (Fsp3) is 0.432. The number of hydrogen-bond acceptors (Lipinski definition) is 6. The molecule has 250 valence electrons. The van der Waals surface area contributed by atoms with Crippen LogP contribution in [0.25, 0.3) is 22.4 Å². The van der Waals surface area contributed by atoms with E-state index in [9.17, 15) is 14.7 Å². The van der Waals surface area contributed by atoms with Crippen molar-refractivity contribution in [3.63, 3.8) is 0 Å². The molecule has 0 saturated carbocycles. The number of nitrogens with zero attached hydrogens (tertiary/aromatic N) is 4. The van der Waals surface area contributed by atoms with Gasteiger partial charge in [-0.15, -0.1) is 0 Å². The Labute approximate surface area is 278 Å². The third kappa shape index (κ3) is 7.50. The molecule has 1 aliphatic rings. The van der Waals surface area contributed by atoms with E-state index >= 15 is 4.39 Å². The Hall–Kier alpha value is -3.86. The van der Waals surface area contributed by atoms with E-state index in [1.165, 1.54) is 11.6 Å². The summed E-state index contributed by atoms with van der Waals surface area (Å²) in [5.41, 5.74) is 5.60. The number of aromatic nitrogens is 3. The topological polar surface area (TPSA) is 101 Å². The average Bonchev–Trinajstić information content (AvgIpc) is 3.41. The Bertz CT molecular complexity index is 1720. The first-order chi connectivity index (χ1) is 22.3. The van der Waals surface area contributed by atoms with E-state index in [0.717, 1.165) is 29.5 Å². The van der Waals surface area contributed by atoms with Crippen molar-refractivity contribution in [2.75, 3.05) is 19.7 Å². The third-order valence-corrected chi connectivity index (χ3v) is 13.3. The zero-order valence-corrected chi connectivity index (χ0v) is 29.4. The van der Waals surface area contributed by atoms with Crippen LogP contribution in [0.4, 0.5) is 4.39 Å². The van der Waals surface area contributed by atoms with Crippen LogP contribution >= 0.6 is 0 Å². The van der Waals surface area contributed by atoms with Gasteiger partial charge in [0.15, 0.2) is 8.32 Å². The van der Waals surface area contributed by atoms with Crippen molar-refractivity contribution in [3.8, 4) is 28.1 Å². The quantitative estimate of drug-likeness (QED) is 0.147. The van der Waals surface area contributed by atoms with Crippen molar-refractivity contribution in [2.24, 2.45) is 0 Å². The number of hydrogen-bond donors (Lipinski definition) is 2. The second-order valence-corrected chi connectivity index (χ2v) is 18.4. The lowest BCUT2D eigenvalue weighted by Crippen LogP contribution is -2.42. The van der Waals surface area contributed by atoms with Crippen LogP contribution in [-0.4, -0.2) is 63.5 Å². The largest absolute Gasteiger partial charge is 0.489 e. The number of ether oxygens (including phenoxy) is 1. The van der Waals surface area contributed by atoms with Crippen molar-refractivity contribution in [2.45, 2.75) is 84.2 Å². The van der Waals surface area contributed by atoms with Crippen LogP contribution < -0.4 is 4.74 Å². The minimum absolute atomic E-state index is 0.0681. The zero-order chi connectivity index (χ0) is 33.9. The number of carbonyl (C=O) groups is 1. The first-order valence-electron chi connectivity index (χ1n) is 16.5. The number of amides is 1. The van der Waals surface area contributed by atoms with Crippen molar-refractivity contribution < 1.29 is 23.8 Å². The van der Waals surface area contributed by atoms with Gasteiger partial charge in [-0.1, -0.05) is 45.9 Å². The minimum atomic E-state index is -2.37. The monoisotopic (exact) mass is 658 g/mol. The van der Waals surface area contributed by atoms with E-state index in [2.05, 4.69) is 38.7 Å². The van der Waals surface area contributed by atoms with E-state index in [1.807, 2.05) is 42.3 Å². The van der Waals surface area contributed by atoms with Crippen molar-refractivity contribution in [3.05, 3.63) is 89.1 Å². The molecule has 5 rings (SSSR count). The highest BCUT2D eigenvalue weighted by Gasteiger charge is 2.38. The van der Waals surface area contributed by atoms with Crippen LogP contribution in [0.5, 0.6) is 5.75 Å². The smallest absolute Gasteiger partial charge is 0.272 e. The number of aliphatic hydroxyl groups is 1. The molecule has 1 amide bonds. The molecular weight excluding hydrogens is 612 g/mol. The van der Waals surface area contributed by atoms with Gasteiger partial charge in [-0.2, -0.15) is 5.10 Å². The molecule has 0 atom stereocenters. The molecule has 3 heterocycles. The molecule has 47 heavy (non-hydrogen) atoms. The summed E-state index contributed by atoms with van der Waals surface area (Å²) in [6.45, 7) is 14.2. The summed E-state index contributed by atoms with van der Waals surface area (Å²) in [6.07, 6.45) is 5.45. The highest BCUT2D eigenvalue weighted by molar-refractivity contribution is 6.72. The molecule has 8 nitrogen and oxygen atoms in total. The van der Waals surface area contributed by atoms with Gasteiger partial charge >= 0.3 is 0 Å². The molecule has 1 aliphatic heterocycles. The molecule has 2 aromatic carbocycles. The molecule has 0 radical (unpaired) electrons. The highest BCUT2D eigenvalue weighted by Crippen LogP contribution is 2.41. The van der Waals surface area contributed by atoms with E-state index < -0.39 is 14.1 Å². The summed E-state index contributed by atoms with van der Waals surface area (Å²) >= 11 is 0. The van der Waals surface area contributed by atoms with Gasteiger partial charge in [0.2, 0.25) is 0 Å². The van der Waals surface area contributed by atoms with Gasteiger partial charge in [-0.3, -0.25) is 14.5 Å². The van der Waals surface area contributed by atoms with E-state index in [0.29, 0.717) is 54.7 Å². The lowest BCUT2D eigenvalue weighted by atomic mass is 9.94. The van der Waals surface area contributed by atoms with Crippen LogP contribution in [0, 0.1) is 5.82 Å². The van der Waals surface area contributed by atoms with Crippen LogP contribution in [0.15, 0.2) is 60.9 Å². The third-order valence-electron chi connectivity index (χ3n) is 9.69. The molecule has 2 N–H and O–H groups in total. The Morgan fingerprint density at radius 1 is 1.06 bits per heavy atom. The fourth-order valence-electron chi connectivity index (χ4n) is 6.11. The first kappa shape index (κ1) is 34.5. The number of carbonyl (C=O) groups excluding carboxylic acids is 1. The molecule has 0 unspecified atom stereocenters. The summed E-state index contributed by atoms with van der Waals surface area (Å²) in [7, 11) is -2.37. The van der Waals surface area contributed by atoms with E-state index in [1.54, 1.807) is 29.2 Å². The van der Waals surface area contributed by atoms with Crippen molar-refractivity contribution in [1.29, 1.82) is 0 Å². The summed E-state index contributed by atoms with van der Waals surface area (Å²) in [4.78, 5) is 30.7. The Kier molecular flexibility index (Phi) is 10.3. The highest BCUT2D eigenvalue weighted by atomic mass is 28.4. The van der Waals surface area contributed by atoms with Gasteiger partial charge in [0, 0.05) is 54.8 Å². The molecule has 2 aromatic heterocycles. The maximum Gasteiger partial charge on any atom is 0.272 e. The number of halogens is 1. The van der Waals surface area contributed by atoms with E-state index in [4.69, 9.17) is 9.84 Å². The van der Waals surface area contributed by atoms with Crippen LogP contribution in [-0.2, 0) is 19.6 Å². The summed E-state index contributed by atoms with van der Waals surface area (Å²) in [5.74, 6) is 0.0264. The molecule has 4 aromatic rings. The Morgan fingerprint density at radius 2 is 1.81 bits per heavy atom. The number of benzene rings is 2. The van der Waals surface area contributed by atoms with Gasteiger partial charge in [0.25, 0.3) is 5.91 Å². The lowest BCUT2D eigenvalue weighted by molar-refractivity contribution is 0.0694. The first-order valence-corrected chi connectivity index (χ1v) is 19.4. The number of aliphatic hydroxyl groups excluding tert-OH is 1. The minimum Gasteiger partial charge on any atom is -0.489 e. The number of pyridine rings is 1. The maximum absolute atomic E-state index is 16.1. The SMILES string of the molecule is CC(C)c1ccc(COc2ccc(-c3c(-c4ccncc4)nn4c3C(=O)N(CCCC(C)(C)[Si](C)(C)O)CC4)c(F)c2)cc1CCO. The molecule has 0 spiro atoms. The molecular formula is C37H47FN4O4Si. The van der Waals surface area contributed by atoms with Gasteiger partial charge < -0.3 is 19.5 Å². The summed E-state index contributed by atoms with van der Waals surface area (Å²) in [6, 6.07) is 14.5. The second kappa shape index (κ2) is 14.1. The Balaban J connectivity index is 1.42. The molecule has 0 aliphatic carbocycles. The van der Waals surface area contributed by atoms with Gasteiger partial charge in [0.1, 0.15) is 29.6 Å². The molecule has 0 bridgehead atoms. The maximum atomic E-state index is 16.1. The van der Waals surface area contributed by atoms with Crippen molar-refractivity contribution >= 4 is 14.2 Å². The zero-order valence-electron chi connectivity index (χ0n) is 28.4. The lowest BCUT2D eigenvalue weighted by Gasteiger charge is -2.36. The normalized spacial score (nSPS) is 13.7. The van der Waals surface area contributed by atoms with Crippen LogP contribution in [0.1, 0.15) is 73.6 Å². The fourth-order valence-corrected chi connectivity index (χ4v) is 6.90. The average molecular weight is 659 g/mol. The van der Waals surface area contributed by atoms with Crippen LogP contribution in [0.3, 0.4) is 0 Å². The van der Waals surface area contributed by atoms with Crippen LogP contribution in [0.2, 0.25) is 18.1 Å². The predicted octanol–water partition coefficient (Wildman–Crippen LogP) is 7.20. The molecule has 10 heteroatoms. The number of rotatable bonds is 13. The van der Waals surface area contributed by atoms with Gasteiger partial charge in [-0.05, 0) is 84.3 Å². The molecule has 0 fully saturated rings.